The van der Waals surface area contributed by atoms with Gasteiger partial charge in [-0.2, -0.15) is 0 Å². The molecule has 0 bridgehead atoms. The fraction of sp³-hybridized carbons (Fsp3) is 0.167. The molecule has 3 rings (SSSR count). The molecule has 2 aromatic rings. The lowest BCUT2D eigenvalue weighted by Crippen LogP contribution is -2.11. The predicted octanol–water partition coefficient (Wildman–Crippen LogP) is 3.63. The minimum Gasteiger partial charge on any atom is -0.478 e. The van der Waals surface area contributed by atoms with Crippen LogP contribution in [-0.4, -0.2) is 11.1 Å². The van der Waals surface area contributed by atoms with Gasteiger partial charge in [-0.15, -0.1) is 0 Å². The fourth-order valence-electron chi connectivity index (χ4n) is 3.02. The van der Waals surface area contributed by atoms with Gasteiger partial charge in [-0.25, -0.2) is 4.79 Å². The molecule has 0 unspecified atom stereocenters. The normalized spacial score (nSPS) is 19.9. The molecule has 1 atom stereocenters. The molecule has 0 saturated heterocycles. The van der Waals surface area contributed by atoms with Crippen molar-refractivity contribution in [3.63, 3.8) is 0 Å². The highest BCUT2D eigenvalue weighted by Crippen LogP contribution is 2.59. The highest BCUT2D eigenvalue weighted by molar-refractivity contribution is 5.80. The Morgan fingerprint density at radius 3 is 1.95 bits per heavy atom. The molecular formula is C18H16O2. The molecule has 1 N–H and O–H groups in total. The van der Waals surface area contributed by atoms with Crippen LogP contribution in [0.3, 0.4) is 0 Å². The molecule has 100 valence electrons. The van der Waals surface area contributed by atoms with Crippen LogP contribution in [0.15, 0.2) is 72.8 Å². The van der Waals surface area contributed by atoms with Crippen molar-refractivity contribution in [2.75, 3.05) is 0 Å². The molecule has 0 aliphatic heterocycles. The Bertz CT molecular complexity index is 589. The molecule has 0 heterocycles. The Morgan fingerprint density at radius 2 is 1.50 bits per heavy atom. The highest BCUT2D eigenvalue weighted by Gasteiger charge is 2.54. The standard InChI is InChI=1S/C18H16O2/c19-17(20)12-11-16-13-18(16,14-7-3-1-4-8-14)15-9-5-2-6-10-15/h1-12,16H,13H2,(H,19,20)/b12-11+/t16-/m1/s1. The number of carboxylic acid groups (broad SMARTS) is 1. The Balaban J connectivity index is 2.01. The molecule has 0 aromatic heterocycles. The van der Waals surface area contributed by atoms with Gasteiger partial charge in [0.15, 0.2) is 0 Å². The van der Waals surface area contributed by atoms with Crippen LogP contribution in [-0.2, 0) is 10.2 Å². The van der Waals surface area contributed by atoms with Crippen LogP contribution in [0.1, 0.15) is 17.5 Å². The Morgan fingerprint density at radius 1 is 1.00 bits per heavy atom. The lowest BCUT2D eigenvalue weighted by molar-refractivity contribution is -0.131. The Labute approximate surface area is 118 Å². The largest absolute Gasteiger partial charge is 0.478 e. The second-order valence-corrected chi connectivity index (χ2v) is 5.21. The van der Waals surface area contributed by atoms with Crippen LogP contribution in [0, 0.1) is 5.92 Å². The van der Waals surface area contributed by atoms with Crippen LogP contribution in [0.2, 0.25) is 0 Å². The van der Waals surface area contributed by atoms with Gasteiger partial charge in [-0.05, 0) is 23.5 Å². The summed E-state index contributed by atoms with van der Waals surface area (Å²) in [6.07, 6.45) is 4.05. The summed E-state index contributed by atoms with van der Waals surface area (Å²) in [4.78, 5) is 10.7. The summed E-state index contributed by atoms with van der Waals surface area (Å²) in [6.45, 7) is 0. The molecule has 0 spiro atoms. The van der Waals surface area contributed by atoms with Gasteiger partial charge in [0.2, 0.25) is 0 Å². The van der Waals surface area contributed by atoms with Gasteiger partial charge in [0.05, 0.1) is 0 Å². The molecule has 2 nitrogen and oxygen atoms in total. The zero-order valence-electron chi connectivity index (χ0n) is 11.1. The van der Waals surface area contributed by atoms with E-state index in [0.29, 0.717) is 0 Å². The molecule has 0 radical (unpaired) electrons. The van der Waals surface area contributed by atoms with Crippen LogP contribution in [0.4, 0.5) is 0 Å². The second kappa shape index (κ2) is 4.97. The summed E-state index contributed by atoms with van der Waals surface area (Å²) in [5.74, 6) is -0.629. The molecule has 0 amide bonds. The maximum atomic E-state index is 10.7. The van der Waals surface area contributed by atoms with E-state index in [1.807, 2.05) is 42.5 Å². The van der Waals surface area contributed by atoms with E-state index in [0.717, 1.165) is 6.42 Å². The summed E-state index contributed by atoms with van der Waals surface area (Å²) in [7, 11) is 0. The van der Waals surface area contributed by atoms with E-state index < -0.39 is 5.97 Å². The topological polar surface area (TPSA) is 37.3 Å². The van der Waals surface area contributed by atoms with Gasteiger partial charge in [0, 0.05) is 11.5 Å². The SMILES string of the molecule is O=C(O)/C=C/[C@@H]1CC1(c1ccccc1)c1ccccc1. The third kappa shape index (κ3) is 2.14. The quantitative estimate of drug-likeness (QED) is 0.856. The van der Waals surface area contributed by atoms with Crippen molar-refractivity contribution in [2.24, 2.45) is 5.92 Å². The lowest BCUT2D eigenvalue weighted by Gasteiger charge is -2.18. The van der Waals surface area contributed by atoms with E-state index in [1.165, 1.54) is 17.2 Å². The number of carboxylic acids is 1. The Hall–Kier alpha value is -2.35. The average Bonchev–Trinajstić information content (AvgIpc) is 3.23. The van der Waals surface area contributed by atoms with Gasteiger partial charge < -0.3 is 5.11 Å². The maximum absolute atomic E-state index is 10.7. The van der Waals surface area contributed by atoms with Gasteiger partial charge >= 0.3 is 5.97 Å². The smallest absolute Gasteiger partial charge is 0.327 e. The van der Waals surface area contributed by atoms with E-state index in [2.05, 4.69) is 24.3 Å². The second-order valence-electron chi connectivity index (χ2n) is 5.21. The number of benzene rings is 2. The van der Waals surface area contributed by atoms with Crippen molar-refractivity contribution in [3.8, 4) is 0 Å². The molecule has 20 heavy (non-hydrogen) atoms. The summed E-state index contributed by atoms with van der Waals surface area (Å²) in [5, 5.41) is 8.81. The van der Waals surface area contributed by atoms with Crippen molar-refractivity contribution in [3.05, 3.63) is 83.9 Å². The van der Waals surface area contributed by atoms with Crippen molar-refractivity contribution in [2.45, 2.75) is 11.8 Å². The summed E-state index contributed by atoms with van der Waals surface area (Å²) < 4.78 is 0. The first-order chi connectivity index (χ1) is 9.73. The third-order valence-corrected chi connectivity index (χ3v) is 4.06. The van der Waals surface area contributed by atoms with E-state index in [4.69, 9.17) is 5.11 Å². The molecule has 2 heteroatoms. The molecule has 1 aliphatic carbocycles. The van der Waals surface area contributed by atoms with Crippen LogP contribution in [0.25, 0.3) is 0 Å². The van der Waals surface area contributed by atoms with Gasteiger partial charge in [0.1, 0.15) is 0 Å². The first-order valence-electron chi connectivity index (χ1n) is 6.75. The zero-order chi connectivity index (χ0) is 14.0. The number of carbonyl (C=O) groups is 1. The Kier molecular flexibility index (Phi) is 3.15. The first kappa shape index (κ1) is 12.7. The number of hydrogen-bond acceptors (Lipinski definition) is 1. The van der Waals surface area contributed by atoms with Crippen LogP contribution < -0.4 is 0 Å². The van der Waals surface area contributed by atoms with E-state index >= 15 is 0 Å². The van der Waals surface area contributed by atoms with Crippen LogP contribution >= 0.6 is 0 Å². The van der Waals surface area contributed by atoms with Gasteiger partial charge in [-0.3, -0.25) is 0 Å². The van der Waals surface area contributed by atoms with E-state index in [9.17, 15) is 4.79 Å². The number of rotatable bonds is 4. The van der Waals surface area contributed by atoms with Crippen LogP contribution in [0.5, 0.6) is 0 Å². The zero-order valence-corrected chi connectivity index (χ0v) is 11.1. The number of aliphatic carboxylic acids is 1. The van der Waals surface area contributed by atoms with E-state index in [-0.39, 0.29) is 11.3 Å². The fourth-order valence-corrected chi connectivity index (χ4v) is 3.02. The monoisotopic (exact) mass is 264 g/mol. The first-order valence-corrected chi connectivity index (χ1v) is 6.75. The maximum Gasteiger partial charge on any atom is 0.327 e. The van der Waals surface area contributed by atoms with E-state index in [1.54, 1.807) is 0 Å². The molecule has 2 aromatic carbocycles. The minimum atomic E-state index is -0.882. The third-order valence-electron chi connectivity index (χ3n) is 4.06. The molecule has 1 fully saturated rings. The van der Waals surface area contributed by atoms with Gasteiger partial charge in [-0.1, -0.05) is 66.7 Å². The lowest BCUT2D eigenvalue weighted by atomic mass is 9.85. The summed E-state index contributed by atoms with van der Waals surface area (Å²) in [5.41, 5.74) is 2.45. The van der Waals surface area contributed by atoms with Gasteiger partial charge in [0.25, 0.3) is 0 Å². The molecule has 1 aliphatic rings. The number of hydrogen-bond donors (Lipinski definition) is 1. The summed E-state index contributed by atoms with van der Waals surface area (Å²) in [6, 6.07) is 20.7. The average molecular weight is 264 g/mol. The highest BCUT2D eigenvalue weighted by atomic mass is 16.4. The predicted molar refractivity (Wildman–Crippen MR) is 78.5 cm³/mol. The molecule has 1 saturated carbocycles. The minimum absolute atomic E-state index is 0.0610. The molecular weight excluding hydrogens is 248 g/mol. The van der Waals surface area contributed by atoms with Crippen molar-refractivity contribution >= 4 is 5.97 Å². The van der Waals surface area contributed by atoms with Crippen molar-refractivity contribution < 1.29 is 9.90 Å². The van der Waals surface area contributed by atoms with Crippen molar-refractivity contribution in [1.82, 2.24) is 0 Å². The van der Waals surface area contributed by atoms with Crippen molar-refractivity contribution in [1.29, 1.82) is 0 Å². The number of allylic oxidation sites excluding steroid dienone is 1. The summed E-state index contributed by atoms with van der Waals surface area (Å²) >= 11 is 0.